The van der Waals surface area contributed by atoms with E-state index in [1.165, 1.54) is 6.07 Å². The van der Waals surface area contributed by atoms with Crippen molar-refractivity contribution in [2.24, 2.45) is 0 Å². The molecule has 20 heavy (non-hydrogen) atoms. The van der Waals surface area contributed by atoms with Gasteiger partial charge < -0.3 is 4.90 Å². The minimum Gasteiger partial charge on any atom is -0.366 e. The third-order valence-corrected chi connectivity index (χ3v) is 3.69. The number of nitro groups is 1. The second-order valence-electron chi connectivity index (χ2n) is 5.52. The van der Waals surface area contributed by atoms with Crippen LogP contribution in [0, 0.1) is 10.1 Å². The molecular weight excluding hydrogens is 273 g/mol. The van der Waals surface area contributed by atoms with Crippen LogP contribution in [-0.2, 0) is 6.18 Å². The van der Waals surface area contributed by atoms with Crippen LogP contribution in [0.15, 0.2) is 18.2 Å². The van der Waals surface area contributed by atoms with Crippen molar-refractivity contribution in [3.05, 3.63) is 33.9 Å². The van der Waals surface area contributed by atoms with E-state index in [2.05, 4.69) is 0 Å². The molecule has 1 aliphatic heterocycles. The van der Waals surface area contributed by atoms with Gasteiger partial charge in [0.05, 0.1) is 4.92 Å². The summed E-state index contributed by atoms with van der Waals surface area (Å²) in [6, 6.07) is 3.21. The van der Waals surface area contributed by atoms with Crippen molar-refractivity contribution < 1.29 is 18.1 Å². The van der Waals surface area contributed by atoms with Crippen LogP contribution in [0.1, 0.15) is 32.3 Å². The van der Waals surface area contributed by atoms with Crippen LogP contribution >= 0.6 is 0 Å². The first-order valence-electron chi connectivity index (χ1n) is 6.26. The predicted molar refractivity (Wildman–Crippen MR) is 68.8 cm³/mol. The van der Waals surface area contributed by atoms with Gasteiger partial charge >= 0.3 is 6.18 Å². The summed E-state index contributed by atoms with van der Waals surface area (Å²) in [5.74, 6) is 0. The fraction of sp³-hybridized carbons (Fsp3) is 0.538. The maximum Gasteiger partial charge on any atom is 0.423 e. The highest BCUT2D eigenvalue weighted by atomic mass is 19.4. The number of anilines is 1. The molecule has 0 N–H and O–H groups in total. The minimum atomic E-state index is -4.73. The lowest BCUT2D eigenvalue weighted by molar-refractivity contribution is -0.388. The van der Waals surface area contributed by atoms with Gasteiger partial charge in [0, 0.05) is 23.8 Å². The molecule has 7 heteroatoms. The standard InChI is InChI=1S/C13H15F3N2O2/c1-12(2)6-3-7-17(12)9-4-5-11(18(19)20)10(8-9)13(14,15)16/h4-5,8H,3,6-7H2,1-2H3. The molecule has 0 bridgehead atoms. The van der Waals surface area contributed by atoms with Crippen molar-refractivity contribution >= 4 is 11.4 Å². The molecule has 1 saturated heterocycles. The van der Waals surface area contributed by atoms with Crippen molar-refractivity contribution in [3.63, 3.8) is 0 Å². The van der Waals surface area contributed by atoms with E-state index in [0.717, 1.165) is 25.0 Å². The lowest BCUT2D eigenvalue weighted by Crippen LogP contribution is -2.38. The Morgan fingerprint density at radius 1 is 1.35 bits per heavy atom. The summed E-state index contributed by atoms with van der Waals surface area (Å²) in [5, 5.41) is 10.7. The van der Waals surface area contributed by atoms with E-state index in [9.17, 15) is 23.3 Å². The number of nitro benzene ring substituents is 1. The zero-order valence-electron chi connectivity index (χ0n) is 11.2. The fourth-order valence-electron chi connectivity index (χ4n) is 2.66. The van der Waals surface area contributed by atoms with Gasteiger partial charge in [0.15, 0.2) is 0 Å². The maximum absolute atomic E-state index is 12.9. The topological polar surface area (TPSA) is 46.4 Å². The molecule has 4 nitrogen and oxygen atoms in total. The van der Waals surface area contributed by atoms with Gasteiger partial charge in [-0.1, -0.05) is 0 Å². The van der Waals surface area contributed by atoms with Gasteiger partial charge in [0.1, 0.15) is 5.56 Å². The van der Waals surface area contributed by atoms with Crippen LogP contribution < -0.4 is 4.90 Å². The largest absolute Gasteiger partial charge is 0.423 e. The Balaban J connectivity index is 2.50. The van der Waals surface area contributed by atoms with Crippen molar-refractivity contribution in [2.75, 3.05) is 11.4 Å². The highest BCUT2D eigenvalue weighted by molar-refractivity contribution is 5.58. The molecule has 0 aromatic heterocycles. The number of rotatable bonds is 2. The number of alkyl halides is 3. The molecule has 0 radical (unpaired) electrons. The summed E-state index contributed by atoms with van der Waals surface area (Å²) in [4.78, 5) is 11.6. The van der Waals surface area contributed by atoms with Gasteiger partial charge in [0.25, 0.3) is 5.69 Å². The highest BCUT2D eigenvalue weighted by Gasteiger charge is 2.40. The molecule has 1 fully saturated rings. The zero-order chi connectivity index (χ0) is 15.1. The number of nitrogens with zero attached hydrogens (tertiary/aromatic N) is 2. The average molecular weight is 288 g/mol. The van der Waals surface area contributed by atoms with Gasteiger partial charge in [-0.25, -0.2) is 0 Å². The summed E-state index contributed by atoms with van der Waals surface area (Å²) in [6.45, 7) is 4.56. The first-order chi connectivity index (χ1) is 9.13. The molecule has 110 valence electrons. The second-order valence-corrected chi connectivity index (χ2v) is 5.52. The molecule has 1 aromatic rings. The van der Waals surface area contributed by atoms with Crippen LogP contribution in [0.2, 0.25) is 0 Å². The van der Waals surface area contributed by atoms with Crippen LogP contribution in [0.5, 0.6) is 0 Å². The van der Waals surface area contributed by atoms with Crippen LogP contribution in [0.4, 0.5) is 24.5 Å². The lowest BCUT2D eigenvalue weighted by atomic mass is 10.0. The van der Waals surface area contributed by atoms with Crippen LogP contribution in [0.25, 0.3) is 0 Å². The third-order valence-electron chi connectivity index (χ3n) is 3.69. The smallest absolute Gasteiger partial charge is 0.366 e. The van der Waals surface area contributed by atoms with E-state index in [1.807, 2.05) is 18.7 Å². The molecular formula is C13H15F3N2O2. The number of benzene rings is 1. The third kappa shape index (κ3) is 2.57. The Morgan fingerprint density at radius 3 is 2.45 bits per heavy atom. The average Bonchev–Trinajstić information content (AvgIpc) is 2.67. The second kappa shape index (κ2) is 4.64. The molecule has 0 saturated carbocycles. The Morgan fingerprint density at radius 2 is 2.00 bits per heavy atom. The summed E-state index contributed by atoms with van der Waals surface area (Å²) in [6.07, 6.45) is -2.96. The van der Waals surface area contributed by atoms with Gasteiger partial charge in [0.2, 0.25) is 0 Å². The van der Waals surface area contributed by atoms with E-state index in [-0.39, 0.29) is 5.54 Å². The molecule has 0 atom stereocenters. The number of hydrogen-bond acceptors (Lipinski definition) is 3. The van der Waals surface area contributed by atoms with Crippen LogP contribution in [0.3, 0.4) is 0 Å². The van der Waals surface area contributed by atoms with Crippen molar-refractivity contribution in [1.82, 2.24) is 0 Å². The monoisotopic (exact) mass is 288 g/mol. The normalized spacial score (nSPS) is 18.4. The van der Waals surface area contributed by atoms with Gasteiger partial charge in [-0.15, -0.1) is 0 Å². The van der Waals surface area contributed by atoms with Gasteiger partial charge in [-0.2, -0.15) is 13.2 Å². The van der Waals surface area contributed by atoms with Crippen molar-refractivity contribution in [1.29, 1.82) is 0 Å². The Labute approximate surface area is 114 Å². The number of hydrogen-bond donors (Lipinski definition) is 0. The first kappa shape index (κ1) is 14.6. The number of halogens is 3. The molecule has 1 aliphatic rings. The van der Waals surface area contributed by atoms with E-state index >= 15 is 0 Å². The molecule has 0 aliphatic carbocycles. The van der Waals surface area contributed by atoms with E-state index in [4.69, 9.17) is 0 Å². The van der Waals surface area contributed by atoms with Gasteiger partial charge in [-0.05, 0) is 38.8 Å². The highest BCUT2D eigenvalue weighted by Crippen LogP contribution is 2.41. The summed E-state index contributed by atoms with van der Waals surface area (Å²) in [5.41, 5.74) is -1.95. The summed E-state index contributed by atoms with van der Waals surface area (Å²) < 4.78 is 38.8. The van der Waals surface area contributed by atoms with E-state index in [1.54, 1.807) is 0 Å². The van der Waals surface area contributed by atoms with E-state index < -0.39 is 22.4 Å². The summed E-state index contributed by atoms with van der Waals surface area (Å²) >= 11 is 0. The quantitative estimate of drug-likeness (QED) is 0.610. The molecule has 1 aromatic carbocycles. The Hall–Kier alpha value is -1.79. The zero-order valence-corrected chi connectivity index (χ0v) is 11.2. The SMILES string of the molecule is CC1(C)CCCN1c1ccc([N+](=O)[O-])c(C(F)(F)F)c1. The Kier molecular flexibility index (Phi) is 3.39. The van der Waals surface area contributed by atoms with Crippen LogP contribution in [-0.4, -0.2) is 17.0 Å². The molecule has 0 amide bonds. The van der Waals surface area contributed by atoms with Gasteiger partial charge in [-0.3, -0.25) is 10.1 Å². The lowest BCUT2D eigenvalue weighted by Gasteiger charge is -2.34. The Bertz CT molecular complexity index is 541. The molecule has 1 heterocycles. The van der Waals surface area contributed by atoms with Crippen molar-refractivity contribution in [2.45, 2.75) is 38.4 Å². The maximum atomic E-state index is 12.9. The summed E-state index contributed by atoms with van der Waals surface area (Å²) in [7, 11) is 0. The minimum absolute atomic E-state index is 0.237. The first-order valence-corrected chi connectivity index (χ1v) is 6.26. The molecule has 0 spiro atoms. The fourth-order valence-corrected chi connectivity index (χ4v) is 2.66. The molecule has 2 rings (SSSR count). The van der Waals surface area contributed by atoms with E-state index in [0.29, 0.717) is 12.2 Å². The molecule has 0 unspecified atom stereocenters. The van der Waals surface area contributed by atoms with Crippen molar-refractivity contribution in [3.8, 4) is 0 Å². The predicted octanol–water partition coefficient (Wildman–Crippen LogP) is 3.99.